The van der Waals surface area contributed by atoms with Crippen LogP contribution in [0.4, 0.5) is 0 Å². The number of nitrogens with two attached hydrogens (primary N) is 1. The highest BCUT2D eigenvalue weighted by Crippen LogP contribution is 2.25. The molecule has 1 aliphatic carbocycles. The lowest BCUT2D eigenvalue weighted by atomic mass is 9.98. The molecule has 32 heavy (non-hydrogen) atoms. The Bertz CT molecular complexity index is 1060. The van der Waals surface area contributed by atoms with Gasteiger partial charge in [0.2, 0.25) is 0 Å². The Balaban J connectivity index is 1.87. The van der Waals surface area contributed by atoms with Crippen LogP contribution in [0.1, 0.15) is 48.9 Å². The quantitative estimate of drug-likeness (QED) is 0.340. The highest BCUT2D eigenvalue weighted by atomic mass is 35.5. The third-order valence-corrected chi connectivity index (χ3v) is 6.02. The van der Waals surface area contributed by atoms with Crippen molar-refractivity contribution in [3.05, 3.63) is 55.8 Å². The molecule has 1 aliphatic rings. The number of aliphatic hydroxyl groups excluding tert-OH is 2. The molecule has 1 aromatic carbocycles. The molecular formula is C21H28ClN5O5. The van der Waals surface area contributed by atoms with Crippen LogP contribution in [0, 0.1) is 5.92 Å². The van der Waals surface area contributed by atoms with Crippen molar-refractivity contribution in [2.24, 2.45) is 11.7 Å². The molecule has 174 valence electrons. The van der Waals surface area contributed by atoms with Gasteiger partial charge in [-0.3, -0.25) is 14.2 Å². The lowest BCUT2D eigenvalue weighted by Gasteiger charge is -2.22. The van der Waals surface area contributed by atoms with E-state index >= 15 is 0 Å². The van der Waals surface area contributed by atoms with E-state index in [0.29, 0.717) is 0 Å². The Morgan fingerprint density at radius 2 is 1.91 bits per heavy atom. The minimum atomic E-state index is -1.08. The van der Waals surface area contributed by atoms with Crippen molar-refractivity contribution in [3.63, 3.8) is 0 Å². The van der Waals surface area contributed by atoms with Gasteiger partial charge in [-0.2, -0.15) is 9.78 Å². The average Bonchev–Trinajstić information content (AvgIpc) is 3.06. The predicted octanol–water partition coefficient (Wildman–Crippen LogP) is 0.386. The molecule has 1 amide bonds. The maximum absolute atomic E-state index is 12.8. The van der Waals surface area contributed by atoms with Crippen LogP contribution in [-0.4, -0.2) is 49.3 Å². The van der Waals surface area contributed by atoms with Crippen LogP contribution in [-0.2, 0) is 6.54 Å². The number of aromatic nitrogens is 3. The van der Waals surface area contributed by atoms with Crippen LogP contribution in [0.25, 0.3) is 5.69 Å². The predicted molar refractivity (Wildman–Crippen MR) is 119 cm³/mol. The fourth-order valence-electron chi connectivity index (χ4n) is 3.84. The molecule has 2 aromatic rings. The van der Waals surface area contributed by atoms with Gasteiger partial charge in [-0.25, -0.2) is 4.79 Å². The van der Waals surface area contributed by atoms with Gasteiger partial charge < -0.3 is 21.3 Å². The minimum Gasteiger partial charge on any atom is -0.390 e. The van der Waals surface area contributed by atoms with E-state index in [1.54, 1.807) is 0 Å². The van der Waals surface area contributed by atoms with Gasteiger partial charge >= 0.3 is 5.69 Å². The SMILES string of the molecule is NCC(O)Cn1c(=O)cnn(-c2ccc(Cl)c(C(=O)NC(O)C3CCCCCC3)c2)c1=O. The van der Waals surface area contributed by atoms with Crippen molar-refractivity contribution in [3.8, 4) is 5.69 Å². The number of carbonyl (C=O) groups excluding carboxylic acids is 1. The number of amides is 1. The molecule has 1 aromatic heterocycles. The molecular weight excluding hydrogens is 438 g/mol. The molecule has 0 saturated heterocycles. The maximum Gasteiger partial charge on any atom is 0.352 e. The summed E-state index contributed by atoms with van der Waals surface area (Å²) in [4.78, 5) is 37.6. The summed E-state index contributed by atoms with van der Waals surface area (Å²) >= 11 is 6.21. The molecule has 2 atom stereocenters. The summed E-state index contributed by atoms with van der Waals surface area (Å²) in [6, 6.07) is 4.27. The van der Waals surface area contributed by atoms with Crippen molar-refractivity contribution in [2.75, 3.05) is 6.54 Å². The first-order valence-electron chi connectivity index (χ1n) is 10.7. The molecule has 3 rings (SSSR count). The van der Waals surface area contributed by atoms with Crippen LogP contribution in [0.5, 0.6) is 0 Å². The van der Waals surface area contributed by atoms with E-state index in [1.807, 2.05) is 0 Å². The molecule has 0 bridgehead atoms. The highest BCUT2D eigenvalue weighted by Gasteiger charge is 2.24. The van der Waals surface area contributed by atoms with Crippen LogP contribution >= 0.6 is 11.6 Å². The van der Waals surface area contributed by atoms with Crippen LogP contribution in [0.2, 0.25) is 5.02 Å². The van der Waals surface area contributed by atoms with E-state index < -0.39 is 29.5 Å². The van der Waals surface area contributed by atoms with Gasteiger partial charge in [-0.05, 0) is 31.0 Å². The van der Waals surface area contributed by atoms with E-state index in [9.17, 15) is 24.6 Å². The van der Waals surface area contributed by atoms with Gasteiger partial charge in [0.1, 0.15) is 12.4 Å². The van der Waals surface area contributed by atoms with E-state index in [2.05, 4.69) is 10.4 Å². The molecule has 1 fully saturated rings. The molecule has 0 spiro atoms. The number of nitrogens with one attached hydrogen (secondary N) is 1. The molecule has 5 N–H and O–H groups in total. The van der Waals surface area contributed by atoms with E-state index in [1.165, 1.54) is 18.2 Å². The van der Waals surface area contributed by atoms with Gasteiger partial charge in [-0.1, -0.05) is 37.3 Å². The first-order chi connectivity index (χ1) is 15.3. The Labute approximate surface area is 189 Å². The number of nitrogens with zero attached hydrogens (tertiary/aromatic N) is 3. The van der Waals surface area contributed by atoms with Gasteiger partial charge in [0, 0.05) is 12.5 Å². The average molecular weight is 466 g/mol. The topological polar surface area (TPSA) is 152 Å². The van der Waals surface area contributed by atoms with Crippen molar-refractivity contribution >= 4 is 17.5 Å². The number of halogens is 1. The number of rotatable bonds is 7. The Hall–Kier alpha value is -2.53. The van der Waals surface area contributed by atoms with Crippen molar-refractivity contribution < 1.29 is 15.0 Å². The fraction of sp³-hybridized carbons (Fsp3) is 0.524. The Morgan fingerprint density at radius 1 is 1.22 bits per heavy atom. The van der Waals surface area contributed by atoms with E-state index in [4.69, 9.17) is 17.3 Å². The zero-order valence-electron chi connectivity index (χ0n) is 17.6. The lowest BCUT2D eigenvalue weighted by molar-refractivity contribution is 0.0532. The largest absolute Gasteiger partial charge is 0.390 e. The molecule has 0 aliphatic heterocycles. The van der Waals surface area contributed by atoms with Gasteiger partial charge in [0.25, 0.3) is 11.5 Å². The molecule has 2 unspecified atom stereocenters. The van der Waals surface area contributed by atoms with Crippen molar-refractivity contribution in [1.29, 1.82) is 0 Å². The van der Waals surface area contributed by atoms with Crippen LogP contribution < -0.4 is 22.3 Å². The van der Waals surface area contributed by atoms with Gasteiger partial charge in [0.15, 0.2) is 0 Å². The minimum absolute atomic E-state index is 0.0229. The van der Waals surface area contributed by atoms with Gasteiger partial charge in [0.05, 0.1) is 28.9 Å². The summed E-state index contributed by atoms with van der Waals surface area (Å²) in [7, 11) is 0. The van der Waals surface area contributed by atoms with Crippen LogP contribution in [0.15, 0.2) is 34.0 Å². The summed E-state index contributed by atoms with van der Waals surface area (Å²) in [6.45, 7) is -0.409. The Kier molecular flexibility index (Phi) is 8.19. The third kappa shape index (κ3) is 5.63. The van der Waals surface area contributed by atoms with E-state index in [0.717, 1.165) is 54.0 Å². The second-order valence-electron chi connectivity index (χ2n) is 8.01. The number of carbonyl (C=O) groups is 1. The van der Waals surface area contributed by atoms with Gasteiger partial charge in [-0.15, -0.1) is 0 Å². The van der Waals surface area contributed by atoms with Crippen molar-refractivity contribution in [1.82, 2.24) is 19.7 Å². The van der Waals surface area contributed by atoms with E-state index in [-0.39, 0.29) is 35.3 Å². The zero-order chi connectivity index (χ0) is 23.3. The maximum atomic E-state index is 12.8. The first kappa shape index (κ1) is 24.1. The highest BCUT2D eigenvalue weighted by molar-refractivity contribution is 6.33. The summed E-state index contributed by atoms with van der Waals surface area (Å²) in [5, 5.41) is 26.8. The smallest absolute Gasteiger partial charge is 0.352 e. The number of benzene rings is 1. The zero-order valence-corrected chi connectivity index (χ0v) is 18.4. The lowest BCUT2D eigenvalue weighted by Crippen LogP contribution is -2.44. The summed E-state index contributed by atoms with van der Waals surface area (Å²) in [5.41, 5.74) is 4.15. The number of hydrogen-bond donors (Lipinski definition) is 4. The molecule has 11 heteroatoms. The third-order valence-electron chi connectivity index (χ3n) is 5.69. The first-order valence-corrected chi connectivity index (χ1v) is 11.1. The van der Waals surface area contributed by atoms with Crippen molar-refractivity contribution in [2.45, 2.75) is 57.4 Å². The summed E-state index contributed by atoms with van der Waals surface area (Å²) in [6.07, 6.45) is 4.81. The molecule has 10 nitrogen and oxygen atoms in total. The Morgan fingerprint density at radius 3 is 2.56 bits per heavy atom. The number of aliphatic hydroxyl groups is 2. The molecule has 1 saturated carbocycles. The number of hydrogen-bond acceptors (Lipinski definition) is 7. The molecule has 0 radical (unpaired) electrons. The normalized spacial score (nSPS) is 16.9. The van der Waals surface area contributed by atoms with Crippen LogP contribution in [0.3, 0.4) is 0 Å². The standard InChI is InChI=1S/C21H28ClN5O5/c22-17-8-7-14(27-21(32)26(12-15(28)10-23)18(29)11-24-27)9-16(17)20(31)25-19(30)13-5-3-1-2-4-6-13/h7-9,11,13,15,19,28,30H,1-6,10,12,23H2,(H,25,31). The summed E-state index contributed by atoms with van der Waals surface area (Å²) < 4.78 is 1.74. The summed E-state index contributed by atoms with van der Waals surface area (Å²) in [5.74, 6) is -0.598. The fourth-order valence-corrected chi connectivity index (χ4v) is 4.04. The monoisotopic (exact) mass is 465 g/mol. The second-order valence-corrected chi connectivity index (χ2v) is 8.42. The molecule has 1 heterocycles. The second kappa shape index (κ2) is 10.9.